The van der Waals surface area contributed by atoms with Gasteiger partial charge in [0.25, 0.3) is 0 Å². The highest BCUT2D eigenvalue weighted by atomic mass is 127. The van der Waals surface area contributed by atoms with Crippen LogP contribution >= 0.6 is 35.6 Å². The molecule has 2 rings (SSSR count). The molecule has 0 bridgehead atoms. The van der Waals surface area contributed by atoms with Crippen LogP contribution in [-0.4, -0.2) is 50.2 Å². The van der Waals surface area contributed by atoms with E-state index in [2.05, 4.69) is 10.3 Å². The van der Waals surface area contributed by atoms with E-state index in [1.165, 1.54) is 0 Å². The topological polar surface area (TPSA) is 66.7 Å². The number of nitrogens with one attached hydrogen (secondary N) is 1. The van der Waals surface area contributed by atoms with Crippen molar-refractivity contribution in [1.82, 2.24) is 14.8 Å². The van der Waals surface area contributed by atoms with Crippen molar-refractivity contribution in [2.45, 2.75) is 18.7 Å². The van der Waals surface area contributed by atoms with Crippen LogP contribution < -0.4 is 5.32 Å². The summed E-state index contributed by atoms with van der Waals surface area (Å²) in [6.07, 6.45) is 2.39. The number of benzene rings is 1. The van der Waals surface area contributed by atoms with E-state index in [1.807, 2.05) is 66.2 Å². The normalized spacial score (nSPS) is 11.8. The van der Waals surface area contributed by atoms with Crippen LogP contribution in [0.15, 0.2) is 47.6 Å². The van der Waals surface area contributed by atoms with E-state index in [4.69, 9.17) is 11.6 Å². The average molecular weight is 539 g/mol. The molecule has 156 valence electrons. The van der Waals surface area contributed by atoms with Crippen LogP contribution in [0.5, 0.6) is 0 Å². The smallest absolute Gasteiger partial charge is 0.193 e. The monoisotopic (exact) mass is 538 g/mol. The van der Waals surface area contributed by atoms with Crippen molar-refractivity contribution in [3.8, 4) is 0 Å². The zero-order chi connectivity index (χ0) is 19.9. The molecule has 0 spiro atoms. The highest BCUT2D eigenvalue weighted by Gasteiger charge is 2.13. The molecule has 0 atom stereocenters. The minimum Gasteiger partial charge on any atom is -0.356 e. The maximum absolute atomic E-state index is 12.2. The summed E-state index contributed by atoms with van der Waals surface area (Å²) in [7, 11) is 2.47. The maximum Gasteiger partial charge on any atom is 0.193 e. The summed E-state index contributed by atoms with van der Waals surface area (Å²) in [6.45, 7) is 1.19. The predicted octanol–water partition coefficient (Wildman–Crippen LogP) is 3.31. The largest absolute Gasteiger partial charge is 0.356 e. The first-order valence-electron chi connectivity index (χ1n) is 8.77. The first-order chi connectivity index (χ1) is 12.8. The van der Waals surface area contributed by atoms with Crippen molar-refractivity contribution in [1.29, 1.82) is 0 Å². The van der Waals surface area contributed by atoms with E-state index in [1.54, 1.807) is 7.05 Å². The molecule has 6 nitrogen and oxygen atoms in total. The van der Waals surface area contributed by atoms with Gasteiger partial charge < -0.3 is 14.8 Å². The van der Waals surface area contributed by atoms with Crippen LogP contribution in [0.4, 0.5) is 0 Å². The molecule has 0 aliphatic rings. The van der Waals surface area contributed by atoms with E-state index in [0.29, 0.717) is 30.5 Å². The summed E-state index contributed by atoms with van der Waals surface area (Å²) in [5.74, 6) is 0.937. The van der Waals surface area contributed by atoms with Gasteiger partial charge in [0.1, 0.15) is 0 Å². The van der Waals surface area contributed by atoms with Gasteiger partial charge in [-0.15, -0.1) is 24.0 Å². The Bertz CT molecular complexity index is 869. The van der Waals surface area contributed by atoms with Crippen LogP contribution in [0.3, 0.4) is 0 Å². The average Bonchev–Trinajstić information content (AvgIpc) is 2.92. The standard InChI is InChI=1S/C19H27ClN4O2S.HI/c1-21-19(24(3)14-18-12-17(20)13-23(18)2)22-10-7-11-27(25,26)15-16-8-5-4-6-9-16;/h4-6,8-9,12-13H,7,10-11,14-15H2,1-3H3,(H,21,22);1H. The zero-order valence-electron chi connectivity index (χ0n) is 16.4. The quantitative estimate of drug-likeness (QED) is 0.242. The second-order valence-corrected chi connectivity index (χ2v) is 9.14. The number of aliphatic imine (C=N–C) groups is 1. The molecule has 0 radical (unpaired) electrons. The van der Waals surface area contributed by atoms with Gasteiger partial charge in [-0.05, 0) is 18.1 Å². The van der Waals surface area contributed by atoms with Crippen LogP contribution in [0.2, 0.25) is 5.02 Å². The van der Waals surface area contributed by atoms with Gasteiger partial charge in [0.2, 0.25) is 0 Å². The molecule has 1 aromatic heterocycles. The fraction of sp³-hybridized carbons (Fsp3) is 0.421. The highest BCUT2D eigenvalue weighted by molar-refractivity contribution is 14.0. The first kappa shape index (κ1) is 24.8. The molecule has 0 fully saturated rings. The Balaban J connectivity index is 0.00000392. The number of rotatable bonds is 8. The highest BCUT2D eigenvalue weighted by Crippen LogP contribution is 2.14. The third-order valence-corrected chi connectivity index (χ3v) is 6.08. The van der Waals surface area contributed by atoms with Crippen molar-refractivity contribution in [3.63, 3.8) is 0 Å². The molecule has 0 saturated carbocycles. The van der Waals surface area contributed by atoms with Crippen molar-refractivity contribution < 1.29 is 8.42 Å². The predicted molar refractivity (Wildman–Crippen MR) is 127 cm³/mol. The second-order valence-electron chi connectivity index (χ2n) is 6.52. The van der Waals surface area contributed by atoms with Crippen LogP contribution in [0.25, 0.3) is 0 Å². The molecule has 1 N–H and O–H groups in total. The van der Waals surface area contributed by atoms with E-state index in [0.717, 1.165) is 11.3 Å². The molecule has 0 aliphatic heterocycles. The number of nitrogens with zero attached hydrogens (tertiary/aromatic N) is 3. The van der Waals surface area contributed by atoms with Crippen molar-refractivity contribution in [3.05, 3.63) is 58.9 Å². The number of sulfone groups is 1. The lowest BCUT2D eigenvalue weighted by molar-refractivity contribution is 0.462. The SMILES string of the molecule is CN=C(NCCCS(=O)(=O)Cc1ccccc1)N(C)Cc1cc(Cl)cn1C.I. The van der Waals surface area contributed by atoms with E-state index >= 15 is 0 Å². The zero-order valence-corrected chi connectivity index (χ0v) is 20.3. The summed E-state index contributed by atoms with van der Waals surface area (Å²) in [6, 6.07) is 11.2. The number of guanidine groups is 1. The molecule has 28 heavy (non-hydrogen) atoms. The van der Waals surface area contributed by atoms with E-state index < -0.39 is 9.84 Å². The molecule has 1 aromatic carbocycles. The molecular formula is C19H28ClIN4O2S. The fourth-order valence-electron chi connectivity index (χ4n) is 2.82. The van der Waals surface area contributed by atoms with Gasteiger partial charge in [0.05, 0.1) is 23.1 Å². The molecule has 0 amide bonds. The van der Waals surface area contributed by atoms with Crippen molar-refractivity contribution in [2.75, 3.05) is 26.4 Å². The molecule has 1 heterocycles. The Labute approximate surface area is 189 Å². The molecular weight excluding hydrogens is 511 g/mol. The molecule has 0 aliphatic carbocycles. The minimum atomic E-state index is -3.12. The Hall–Kier alpha value is -1.26. The molecule has 0 saturated heterocycles. The van der Waals surface area contributed by atoms with Gasteiger partial charge >= 0.3 is 0 Å². The van der Waals surface area contributed by atoms with Crippen LogP contribution in [0.1, 0.15) is 17.7 Å². The maximum atomic E-state index is 12.2. The van der Waals surface area contributed by atoms with Gasteiger partial charge in [-0.2, -0.15) is 0 Å². The lowest BCUT2D eigenvalue weighted by Gasteiger charge is -2.22. The number of halogens is 2. The Morgan fingerprint density at radius 3 is 2.54 bits per heavy atom. The summed E-state index contributed by atoms with van der Waals surface area (Å²) in [5, 5.41) is 3.92. The minimum absolute atomic E-state index is 0. The lowest BCUT2D eigenvalue weighted by atomic mass is 10.2. The van der Waals surface area contributed by atoms with Crippen LogP contribution in [-0.2, 0) is 29.2 Å². The third-order valence-electron chi connectivity index (χ3n) is 4.19. The summed E-state index contributed by atoms with van der Waals surface area (Å²) in [5.41, 5.74) is 1.89. The number of hydrogen-bond donors (Lipinski definition) is 1. The van der Waals surface area contributed by atoms with Gasteiger partial charge in [-0.1, -0.05) is 41.9 Å². The van der Waals surface area contributed by atoms with Gasteiger partial charge in [0, 0.05) is 39.6 Å². The number of aryl methyl sites for hydroxylation is 1. The van der Waals surface area contributed by atoms with Crippen molar-refractivity contribution in [2.24, 2.45) is 12.0 Å². The third kappa shape index (κ3) is 8.00. The molecule has 9 heteroatoms. The molecule has 0 unspecified atom stereocenters. The Morgan fingerprint density at radius 2 is 1.96 bits per heavy atom. The Kier molecular flexibility index (Phi) is 10.3. The fourth-order valence-corrected chi connectivity index (χ4v) is 4.52. The lowest BCUT2D eigenvalue weighted by Crippen LogP contribution is -2.39. The summed E-state index contributed by atoms with van der Waals surface area (Å²) in [4.78, 5) is 6.24. The second kappa shape index (κ2) is 11.7. The molecule has 2 aromatic rings. The summed E-state index contributed by atoms with van der Waals surface area (Å²) < 4.78 is 26.5. The van der Waals surface area contributed by atoms with Gasteiger partial charge in [-0.25, -0.2) is 8.42 Å². The van der Waals surface area contributed by atoms with E-state index in [9.17, 15) is 8.42 Å². The number of aromatic nitrogens is 1. The van der Waals surface area contributed by atoms with Gasteiger partial charge in [0.15, 0.2) is 15.8 Å². The number of hydrogen-bond acceptors (Lipinski definition) is 3. The summed E-state index contributed by atoms with van der Waals surface area (Å²) >= 11 is 6.02. The van der Waals surface area contributed by atoms with Crippen molar-refractivity contribution >= 4 is 51.4 Å². The Morgan fingerprint density at radius 1 is 1.29 bits per heavy atom. The first-order valence-corrected chi connectivity index (χ1v) is 11.0. The van der Waals surface area contributed by atoms with E-state index in [-0.39, 0.29) is 35.5 Å². The van der Waals surface area contributed by atoms with Gasteiger partial charge in [-0.3, -0.25) is 4.99 Å². The van der Waals surface area contributed by atoms with Crippen LogP contribution in [0, 0.1) is 0 Å².